The Kier molecular flexibility index (Phi) is 12.2. The third-order valence-electron chi connectivity index (χ3n) is 5.21. The molecule has 4 rings (SSSR count). The summed E-state index contributed by atoms with van der Waals surface area (Å²) >= 11 is 0. The highest BCUT2D eigenvalue weighted by atomic mass is 32.2. The Bertz CT molecular complexity index is 1510. The predicted molar refractivity (Wildman–Crippen MR) is 136 cm³/mol. The van der Waals surface area contributed by atoms with Crippen LogP contribution >= 0.6 is 0 Å². The van der Waals surface area contributed by atoms with Crippen LogP contribution in [0.5, 0.6) is 0 Å². The summed E-state index contributed by atoms with van der Waals surface area (Å²) in [7, 11) is -12.2. The van der Waals surface area contributed by atoms with Crippen LogP contribution in [0, 0.1) is 0 Å². The first-order chi connectivity index (χ1) is 19.9. The van der Waals surface area contributed by atoms with Crippen molar-refractivity contribution in [2.45, 2.75) is 30.5 Å². The molecule has 0 aromatic carbocycles. The summed E-state index contributed by atoms with van der Waals surface area (Å²) in [6.07, 6.45) is 17.0. The monoisotopic (exact) mass is 652 g/mol. The summed E-state index contributed by atoms with van der Waals surface area (Å²) in [6, 6.07) is 16.8. The second-order valence-electron chi connectivity index (χ2n) is 8.27. The molecule has 0 atom stereocenters. The average Bonchev–Trinajstić information content (AvgIpc) is 2.93. The molecular formula is C25H22F6N4O6S2. The first-order valence-corrected chi connectivity index (χ1v) is 14.5. The van der Waals surface area contributed by atoms with E-state index in [1.807, 2.05) is 49.1 Å². The van der Waals surface area contributed by atoms with Gasteiger partial charge in [-0.05, 0) is 46.5 Å². The number of hydrogen-bond donors (Lipinski definition) is 0. The van der Waals surface area contributed by atoms with Crippen LogP contribution in [0.2, 0.25) is 0 Å². The van der Waals surface area contributed by atoms with Crippen molar-refractivity contribution in [2.75, 3.05) is 0 Å². The number of halogens is 6. The molecule has 0 N–H and O–H groups in total. The van der Waals surface area contributed by atoms with Gasteiger partial charge in [0, 0.05) is 49.1 Å². The van der Waals surface area contributed by atoms with Crippen LogP contribution in [0.4, 0.5) is 26.3 Å². The standard InChI is InChI=1S/C23H22N4.2CHF3O3S/c1(14-26-16-6-22(7-17-26)20-2-10-24-11-3-20)15-27-18-8-23(9-19-27)21-4-12-25-13-5-21;2*2-1(3,4)8(5,6)7/h2-13,16-19H,1,14-15H2;2*(H,5,6,7)/q+2;;/p-2. The Morgan fingerprint density at radius 1 is 0.535 bits per heavy atom. The second kappa shape index (κ2) is 14.9. The fourth-order valence-corrected chi connectivity index (χ4v) is 3.12. The normalized spacial score (nSPS) is 11.9. The van der Waals surface area contributed by atoms with Crippen LogP contribution in [0.15, 0.2) is 98.1 Å². The molecule has 0 spiro atoms. The number of aromatic nitrogens is 4. The minimum atomic E-state index is -6.09. The van der Waals surface area contributed by atoms with Crippen molar-refractivity contribution in [3.63, 3.8) is 0 Å². The maximum absolute atomic E-state index is 10.7. The molecular weight excluding hydrogens is 630 g/mol. The zero-order chi connectivity index (χ0) is 32.3. The van der Waals surface area contributed by atoms with Gasteiger partial charge >= 0.3 is 11.0 Å². The minimum absolute atomic E-state index is 0.996. The molecule has 232 valence electrons. The molecule has 43 heavy (non-hydrogen) atoms. The highest BCUT2D eigenvalue weighted by molar-refractivity contribution is 7.86. The van der Waals surface area contributed by atoms with Crippen molar-refractivity contribution in [3.05, 3.63) is 98.1 Å². The smallest absolute Gasteiger partial charge is 0.485 e. The summed E-state index contributed by atoms with van der Waals surface area (Å²) in [4.78, 5) is 8.14. The molecule has 4 heterocycles. The van der Waals surface area contributed by atoms with E-state index < -0.39 is 31.3 Å². The van der Waals surface area contributed by atoms with Gasteiger partial charge in [-0.1, -0.05) is 0 Å². The topological polar surface area (TPSA) is 148 Å². The van der Waals surface area contributed by atoms with Crippen LogP contribution in [-0.2, 0) is 33.3 Å². The van der Waals surface area contributed by atoms with Gasteiger partial charge in [0.05, 0.1) is 6.42 Å². The Balaban J connectivity index is 0.000000334. The second-order valence-corrected chi connectivity index (χ2v) is 11.0. The van der Waals surface area contributed by atoms with E-state index in [2.05, 4.69) is 68.2 Å². The van der Waals surface area contributed by atoms with Crippen molar-refractivity contribution in [3.8, 4) is 22.3 Å². The first kappa shape index (κ1) is 35.2. The number of aryl methyl sites for hydroxylation is 2. The van der Waals surface area contributed by atoms with Gasteiger partial charge in [0.2, 0.25) is 0 Å². The summed E-state index contributed by atoms with van der Waals surface area (Å²) < 4.78 is 122. The van der Waals surface area contributed by atoms with Crippen LogP contribution in [0.25, 0.3) is 22.3 Å². The van der Waals surface area contributed by atoms with Gasteiger partial charge in [-0.2, -0.15) is 26.3 Å². The molecule has 4 aromatic heterocycles. The lowest BCUT2D eigenvalue weighted by Gasteiger charge is -2.08. The van der Waals surface area contributed by atoms with E-state index in [4.69, 9.17) is 25.9 Å². The summed E-state index contributed by atoms with van der Waals surface area (Å²) in [5.41, 5.74) is -6.46. The fourth-order valence-electron chi connectivity index (χ4n) is 3.12. The molecule has 0 unspecified atom stereocenters. The molecule has 0 amide bonds. The third-order valence-corrected chi connectivity index (χ3v) is 6.34. The molecule has 0 aliphatic heterocycles. The van der Waals surface area contributed by atoms with Crippen LogP contribution in [-0.4, -0.2) is 46.9 Å². The van der Waals surface area contributed by atoms with Gasteiger partial charge in [0.25, 0.3) is 0 Å². The number of alkyl halides is 6. The van der Waals surface area contributed by atoms with Crippen molar-refractivity contribution in [1.29, 1.82) is 0 Å². The largest absolute Gasteiger partial charge is 0.741 e. The molecule has 4 aromatic rings. The first-order valence-electron chi connectivity index (χ1n) is 11.7. The van der Waals surface area contributed by atoms with Crippen molar-refractivity contribution in [2.24, 2.45) is 0 Å². The number of pyridine rings is 4. The van der Waals surface area contributed by atoms with E-state index in [0.29, 0.717) is 0 Å². The third kappa shape index (κ3) is 12.0. The van der Waals surface area contributed by atoms with Crippen LogP contribution in [0.3, 0.4) is 0 Å². The Labute approximate surface area is 242 Å². The molecule has 0 fully saturated rings. The molecule has 0 aliphatic rings. The molecule has 0 saturated carbocycles. The zero-order valence-electron chi connectivity index (χ0n) is 21.7. The molecule has 10 nitrogen and oxygen atoms in total. The van der Waals surface area contributed by atoms with E-state index in [0.717, 1.165) is 19.5 Å². The van der Waals surface area contributed by atoms with Gasteiger partial charge in [0.15, 0.2) is 58.1 Å². The van der Waals surface area contributed by atoms with Gasteiger partial charge in [-0.3, -0.25) is 9.97 Å². The van der Waals surface area contributed by atoms with Crippen LogP contribution < -0.4 is 9.13 Å². The van der Waals surface area contributed by atoms with Gasteiger partial charge in [-0.25, -0.2) is 26.0 Å². The number of rotatable bonds is 6. The lowest BCUT2D eigenvalue weighted by molar-refractivity contribution is -0.726. The van der Waals surface area contributed by atoms with Gasteiger partial charge < -0.3 is 9.11 Å². The maximum atomic E-state index is 10.7. The van der Waals surface area contributed by atoms with E-state index in [-0.39, 0.29) is 0 Å². The van der Waals surface area contributed by atoms with E-state index in [1.165, 1.54) is 22.3 Å². The summed E-state index contributed by atoms with van der Waals surface area (Å²) in [5.74, 6) is 0. The molecule has 0 aliphatic carbocycles. The fraction of sp³-hybridized carbons (Fsp3) is 0.200. The lowest BCUT2D eigenvalue weighted by Crippen LogP contribution is -2.38. The van der Waals surface area contributed by atoms with Crippen molar-refractivity contribution < 1.29 is 61.4 Å². The Morgan fingerprint density at radius 3 is 1.00 bits per heavy atom. The van der Waals surface area contributed by atoms with Crippen molar-refractivity contribution in [1.82, 2.24) is 9.97 Å². The minimum Gasteiger partial charge on any atom is -0.741 e. The zero-order valence-corrected chi connectivity index (χ0v) is 23.3. The van der Waals surface area contributed by atoms with Crippen molar-refractivity contribution >= 4 is 20.2 Å². The Morgan fingerprint density at radius 2 is 0.767 bits per heavy atom. The highest BCUT2D eigenvalue weighted by Crippen LogP contribution is 2.21. The highest BCUT2D eigenvalue weighted by Gasteiger charge is 2.37. The van der Waals surface area contributed by atoms with E-state index in [1.54, 1.807) is 0 Å². The van der Waals surface area contributed by atoms with Gasteiger partial charge in [0.1, 0.15) is 0 Å². The predicted octanol–water partition coefficient (Wildman–Crippen LogP) is 3.58. The molecule has 0 saturated heterocycles. The van der Waals surface area contributed by atoms with E-state index in [9.17, 15) is 26.3 Å². The number of hydrogen-bond acceptors (Lipinski definition) is 8. The molecule has 0 radical (unpaired) electrons. The summed E-state index contributed by atoms with van der Waals surface area (Å²) in [6.45, 7) is 1.99. The molecule has 18 heteroatoms. The Hall–Kier alpha value is -4.00. The van der Waals surface area contributed by atoms with Gasteiger partial charge in [-0.15, -0.1) is 0 Å². The number of nitrogens with zero attached hydrogens (tertiary/aromatic N) is 4. The summed E-state index contributed by atoms with van der Waals surface area (Å²) in [5, 5.41) is 0. The SMILES string of the molecule is O=S(=O)([O-])C(F)(F)F.O=S(=O)([O-])C(F)(F)F.c1cc(-c2cc[n+](CCC[n+]3ccc(-c4ccncc4)cc3)cc2)ccn1. The van der Waals surface area contributed by atoms with E-state index >= 15 is 0 Å². The maximum Gasteiger partial charge on any atom is 0.485 e. The lowest BCUT2D eigenvalue weighted by atomic mass is 10.1. The quantitative estimate of drug-likeness (QED) is 0.133. The average molecular weight is 653 g/mol. The van der Waals surface area contributed by atoms with Crippen LogP contribution in [0.1, 0.15) is 6.42 Å². The molecule has 0 bridgehead atoms.